The van der Waals surface area contributed by atoms with E-state index in [1.54, 1.807) is 12.1 Å². The Morgan fingerprint density at radius 2 is 2.10 bits per heavy atom. The minimum absolute atomic E-state index is 0.0827. The van der Waals surface area contributed by atoms with Crippen molar-refractivity contribution in [2.45, 2.75) is 45.6 Å². The van der Waals surface area contributed by atoms with Gasteiger partial charge in [0.1, 0.15) is 5.82 Å². The monoisotopic (exact) mass is 298 g/mol. The molecule has 1 aliphatic rings. The number of benzene rings is 1. The second-order valence-electron chi connectivity index (χ2n) is 6.21. The third-order valence-corrected chi connectivity index (χ3v) is 5.26. The molecular formula is C16H24ClFN2. The van der Waals surface area contributed by atoms with E-state index in [1.165, 1.54) is 12.5 Å². The lowest BCUT2D eigenvalue weighted by molar-refractivity contribution is 0.170. The van der Waals surface area contributed by atoms with Crippen LogP contribution in [0, 0.1) is 23.6 Å². The Balaban J connectivity index is 2.09. The number of hydrazine groups is 1. The van der Waals surface area contributed by atoms with E-state index in [4.69, 9.17) is 17.4 Å². The number of nitrogens with one attached hydrogen (secondary N) is 1. The molecule has 1 aromatic rings. The lowest BCUT2D eigenvalue weighted by Crippen LogP contribution is -2.44. The van der Waals surface area contributed by atoms with Gasteiger partial charge in [-0.25, -0.2) is 4.39 Å². The molecular weight excluding hydrogens is 275 g/mol. The highest BCUT2D eigenvalue weighted by atomic mass is 35.5. The number of hydrogen-bond donors (Lipinski definition) is 2. The van der Waals surface area contributed by atoms with Gasteiger partial charge in [0.25, 0.3) is 0 Å². The van der Waals surface area contributed by atoms with Gasteiger partial charge >= 0.3 is 0 Å². The lowest BCUT2D eigenvalue weighted by Gasteiger charge is -2.36. The SMILES string of the molecule is CC1CCC(C(Cc2c(F)cccc2Cl)NN)CC1C. The van der Waals surface area contributed by atoms with Crippen molar-refractivity contribution >= 4 is 11.6 Å². The van der Waals surface area contributed by atoms with Gasteiger partial charge in [-0.2, -0.15) is 0 Å². The van der Waals surface area contributed by atoms with Gasteiger partial charge in [0.15, 0.2) is 0 Å². The third kappa shape index (κ3) is 3.51. The topological polar surface area (TPSA) is 38.0 Å². The minimum atomic E-state index is -0.241. The van der Waals surface area contributed by atoms with E-state index in [-0.39, 0.29) is 11.9 Å². The van der Waals surface area contributed by atoms with Crippen LogP contribution in [0.3, 0.4) is 0 Å². The number of hydrogen-bond acceptors (Lipinski definition) is 2. The van der Waals surface area contributed by atoms with Crippen LogP contribution in [0.4, 0.5) is 4.39 Å². The molecule has 0 saturated heterocycles. The second-order valence-corrected chi connectivity index (χ2v) is 6.61. The molecule has 0 aromatic heterocycles. The fraction of sp³-hybridized carbons (Fsp3) is 0.625. The van der Waals surface area contributed by atoms with Gasteiger partial charge < -0.3 is 0 Å². The van der Waals surface area contributed by atoms with Crippen LogP contribution in [0.5, 0.6) is 0 Å². The molecule has 0 spiro atoms. The van der Waals surface area contributed by atoms with E-state index in [1.807, 2.05) is 0 Å². The van der Waals surface area contributed by atoms with Crippen molar-refractivity contribution in [1.29, 1.82) is 0 Å². The molecule has 4 unspecified atom stereocenters. The first-order chi connectivity index (χ1) is 9.52. The zero-order chi connectivity index (χ0) is 14.7. The van der Waals surface area contributed by atoms with Crippen LogP contribution in [0.2, 0.25) is 5.02 Å². The van der Waals surface area contributed by atoms with Crippen LogP contribution in [0.25, 0.3) is 0 Å². The second kappa shape index (κ2) is 6.88. The maximum Gasteiger partial charge on any atom is 0.127 e. The summed E-state index contributed by atoms with van der Waals surface area (Å²) in [5.41, 5.74) is 3.46. The normalized spacial score (nSPS) is 28.4. The molecule has 0 aliphatic heterocycles. The highest BCUT2D eigenvalue weighted by Gasteiger charge is 2.30. The third-order valence-electron chi connectivity index (χ3n) is 4.91. The molecule has 112 valence electrons. The van der Waals surface area contributed by atoms with E-state index >= 15 is 0 Å². The van der Waals surface area contributed by atoms with Gasteiger partial charge in [-0.15, -0.1) is 0 Å². The maximum atomic E-state index is 13.9. The predicted molar refractivity (Wildman–Crippen MR) is 81.9 cm³/mol. The van der Waals surface area contributed by atoms with Crippen molar-refractivity contribution in [2.75, 3.05) is 0 Å². The largest absolute Gasteiger partial charge is 0.271 e. The van der Waals surface area contributed by atoms with Gasteiger partial charge in [0.05, 0.1) is 0 Å². The van der Waals surface area contributed by atoms with Crippen molar-refractivity contribution in [3.05, 3.63) is 34.6 Å². The molecule has 0 heterocycles. The Morgan fingerprint density at radius 1 is 1.35 bits per heavy atom. The molecule has 2 rings (SSSR count). The maximum absolute atomic E-state index is 13.9. The van der Waals surface area contributed by atoms with Crippen LogP contribution in [-0.2, 0) is 6.42 Å². The fourth-order valence-corrected chi connectivity index (χ4v) is 3.50. The average Bonchev–Trinajstić information content (AvgIpc) is 2.42. The predicted octanol–water partition coefficient (Wildman–Crippen LogP) is 3.93. The molecule has 1 aliphatic carbocycles. The van der Waals surface area contributed by atoms with Gasteiger partial charge in [-0.05, 0) is 49.1 Å². The highest BCUT2D eigenvalue weighted by molar-refractivity contribution is 6.31. The first-order valence-corrected chi connectivity index (χ1v) is 7.79. The first kappa shape index (κ1) is 15.7. The van der Waals surface area contributed by atoms with Crippen LogP contribution < -0.4 is 11.3 Å². The van der Waals surface area contributed by atoms with Crippen molar-refractivity contribution in [3.63, 3.8) is 0 Å². The molecule has 3 N–H and O–H groups in total. The summed E-state index contributed by atoms with van der Waals surface area (Å²) in [6.07, 6.45) is 4.05. The van der Waals surface area contributed by atoms with E-state index in [0.29, 0.717) is 28.8 Å². The molecule has 1 aromatic carbocycles. The van der Waals surface area contributed by atoms with Crippen LogP contribution >= 0.6 is 11.6 Å². The molecule has 4 heteroatoms. The van der Waals surface area contributed by atoms with Crippen molar-refractivity contribution < 1.29 is 4.39 Å². The summed E-state index contributed by atoms with van der Waals surface area (Å²) in [6.45, 7) is 4.60. The molecule has 1 saturated carbocycles. The lowest BCUT2D eigenvalue weighted by atomic mass is 9.72. The molecule has 20 heavy (non-hydrogen) atoms. The van der Waals surface area contributed by atoms with Crippen molar-refractivity contribution in [1.82, 2.24) is 5.43 Å². The molecule has 1 fully saturated rings. The Labute approximate surface area is 125 Å². The Hall–Kier alpha value is -0.640. The molecule has 0 amide bonds. The smallest absolute Gasteiger partial charge is 0.127 e. The number of nitrogens with two attached hydrogens (primary N) is 1. The molecule has 2 nitrogen and oxygen atoms in total. The molecule has 0 radical (unpaired) electrons. The first-order valence-electron chi connectivity index (χ1n) is 7.42. The van der Waals surface area contributed by atoms with Crippen LogP contribution in [0.15, 0.2) is 18.2 Å². The van der Waals surface area contributed by atoms with E-state index in [9.17, 15) is 4.39 Å². The Bertz CT molecular complexity index is 432. The summed E-state index contributed by atoms with van der Waals surface area (Å²) in [5, 5.41) is 0.488. The standard InChI is InChI=1S/C16H24ClFN2/c1-10-6-7-12(8-11(10)2)16(20-19)9-13-14(17)4-3-5-15(13)18/h3-5,10-12,16,20H,6-9,19H2,1-2H3. The minimum Gasteiger partial charge on any atom is -0.271 e. The van der Waals surface area contributed by atoms with Crippen LogP contribution in [0.1, 0.15) is 38.7 Å². The van der Waals surface area contributed by atoms with Crippen molar-refractivity contribution in [2.24, 2.45) is 23.6 Å². The Morgan fingerprint density at radius 3 is 2.70 bits per heavy atom. The molecule has 4 atom stereocenters. The summed E-state index contributed by atoms with van der Waals surface area (Å²) in [5.74, 6) is 7.42. The zero-order valence-electron chi connectivity index (χ0n) is 12.2. The zero-order valence-corrected chi connectivity index (χ0v) is 13.0. The van der Waals surface area contributed by atoms with Gasteiger partial charge in [-0.3, -0.25) is 11.3 Å². The summed E-state index contributed by atoms with van der Waals surface area (Å²) in [4.78, 5) is 0. The number of rotatable bonds is 4. The van der Waals surface area contributed by atoms with E-state index in [0.717, 1.165) is 18.8 Å². The van der Waals surface area contributed by atoms with Crippen LogP contribution in [-0.4, -0.2) is 6.04 Å². The van der Waals surface area contributed by atoms with E-state index < -0.39 is 0 Å². The quantitative estimate of drug-likeness (QED) is 0.653. The van der Waals surface area contributed by atoms with Crippen molar-refractivity contribution in [3.8, 4) is 0 Å². The van der Waals surface area contributed by atoms with E-state index in [2.05, 4.69) is 19.3 Å². The van der Waals surface area contributed by atoms with Gasteiger partial charge in [-0.1, -0.05) is 37.9 Å². The summed E-state index contributed by atoms with van der Waals surface area (Å²) in [7, 11) is 0. The summed E-state index contributed by atoms with van der Waals surface area (Å²) >= 11 is 6.11. The fourth-order valence-electron chi connectivity index (χ4n) is 3.26. The average molecular weight is 299 g/mol. The molecule has 0 bridgehead atoms. The summed E-state index contributed by atoms with van der Waals surface area (Å²) in [6, 6.07) is 4.91. The summed E-state index contributed by atoms with van der Waals surface area (Å²) < 4.78 is 13.9. The van der Waals surface area contributed by atoms with Gasteiger partial charge in [0, 0.05) is 16.6 Å². The van der Waals surface area contributed by atoms with Gasteiger partial charge in [0.2, 0.25) is 0 Å². The highest BCUT2D eigenvalue weighted by Crippen LogP contribution is 2.36. The Kier molecular flexibility index (Phi) is 5.42. The number of halogens is 2.